The topological polar surface area (TPSA) is 83.6 Å². The van der Waals surface area contributed by atoms with Gasteiger partial charge in [0.15, 0.2) is 5.78 Å². The number of nitrogens with one attached hydrogen (secondary N) is 1. The number of nitrogens with zero attached hydrogens (tertiary/aromatic N) is 1. The number of carbonyl (C=O) groups is 2. The summed E-state index contributed by atoms with van der Waals surface area (Å²) in [4.78, 5) is 24.3. The minimum atomic E-state index is -3.88. The van der Waals surface area contributed by atoms with Gasteiger partial charge in [-0.1, -0.05) is 12.1 Å². The number of Topliss-reactive ketones (excluding diaryl/α,β-unsaturated/α-hetero) is 1. The number of sulfonamides is 1. The molecule has 4 rings (SSSR count). The van der Waals surface area contributed by atoms with Gasteiger partial charge in [0.25, 0.3) is 15.9 Å². The number of hydrogen-bond donors (Lipinski definition) is 1. The highest BCUT2D eigenvalue weighted by molar-refractivity contribution is 7.92. The van der Waals surface area contributed by atoms with E-state index in [2.05, 4.69) is 5.32 Å². The van der Waals surface area contributed by atoms with E-state index in [1.165, 1.54) is 23.4 Å². The van der Waals surface area contributed by atoms with Gasteiger partial charge in [0.2, 0.25) is 0 Å². The van der Waals surface area contributed by atoms with Crippen LogP contribution in [-0.4, -0.2) is 26.2 Å². The van der Waals surface area contributed by atoms with Crippen LogP contribution in [0, 0.1) is 5.82 Å². The SMILES string of the molecule is CC(=O)c1cccc(NC(=O)c2ccc3c(c2)C[C@@H](C)N3S(=O)(=O)c2ccc(F)cc2)c1. The highest BCUT2D eigenvalue weighted by Crippen LogP contribution is 2.37. The molecule has 8 heteroatoms. The van der Waals surface area contributed by atoms with Gasteiger partial charge in [-0.3, -0.25) is 13.9 Å². The Kier molecular flexibility index (Phi) is 5.56. The Labute approximate surface area is 185 Å². The molecule has 3 aromatic rings. The molecule has 164 valence electrons. The Balaban J connectivity index is 1.61. The lowest BCUT2D eigenvalue weighted by molar-refractivity contribution is 0.101. The van der Waals surface area contributed by atoms with Crippen molar-refractivity contribution in [1.82, 2.24) is 0 Å². The third-order valence-corrected chi connectivity index (χ3v) is 7.33. The molecule has 1 N–H and O–H groups in total. The first-order valence-corrected chi connectivity index (χ1v) is 11.5. The molecule has 0 aliphatic carbocycles. The molecule has 6 nitrogen and oxygen atoms in total. The van der Waals surface area contributed by atoms with Crippen LogP contribution in [0.5, 0.6) is 0 Å². The highest BCUT2D eigenvalue weighted by Gasteiger charge is 2.36. The zero-order valence-corrected chi connectivity index (χ0v) is 18.3. The van der Waals surface area contributed by atoms with Gasteiger partial charge in [-0.05, 0) is 80.4 Å². The van der Waals surface area contributed by atoms with E-state index >= 15 is 0 Å². The van der Waals surface area contributed by atoms with Crippen molar-refractivity contribution in [3.8, 4) is 0 Å². The summed E-state index contributed by atoms with van der Waals surface area (Å²) in [6, 6.07) is 15.9. The van der Waals surface area contributed by atoms with E-state index in [1.807, 2.05) is 0 Å². The maximum Gasteiger partial charge on any atom is 0.264 e. The Morgan fingerprint density at radius 1 is 1.00 bits per heavy atom. The van der Waals surface area contributed by atoms with Crippen molar-refractivity contribution in [2.75, 3.05) is 9.62 Å². The molecule has 1 aliphatic rings. The molecule has 1 amide bonds. The quantitative estimate of drug-likeness (QED) is 0.581. The third-order valence-electron chi connectivity index (χ3n) is 5.39. The standard InChI is InChI=1S/C24H21FN2O4S/c1-15-12-19-13-18(24(29)26-21-5-3-4-17(14-21)16(2)28)6-11-23(19)27(15)32(30,31)22-9-7-20(25)8-10-22/h3-11,13-15H,12H2,1-2H3,(H,26,29)/t15-/m1/s1. The summed E-state index contributed by atoms with van der Waals surface area (Å²) < 4.78 is 40.9. The van der Waals surface area contributed by atoms with Crippen molar-refractivity contribution >= 4 is 33.1 Å². The molecule has 1 atom stereocenters. The van der Waals surface area contributed by atoms with Gasteiger partial charge < -0.3 is 5.32 Å². The third kappa shape index (κ3) is 4.01. The summed E-state index contributed by atoms with van der Waals surface area (Å²) >= 11 is 0. The molecule has 0 saturated heterocycles. The van der Waals surface area contributed by atoms with Crippen molar-refractivity contribution in [2.45, 2.75) is 31.2 Å². The van der Waals surface area contributed by atoms with Gasteiger partial charge in [-0.2, -0.15) is 0 Å². The van der Waals surface area contributed by atoms with Crippen LogP contribution in [0.1, 0.15) is 40.1 Å². The number of ketones is 1. The van der Waals surface area contributed by atoms with Crippen LogP contribution < -0.4 is 9.62 Å². The molecule has 0 fully saturated rings. The van der Waals surface area contributed by atoms with Gasteiger partial charge in [-0.25, -0.2) is 12.8 Å². The van der Waals surface area contributed by atoms with E-state index in [-0.39, 0.29) is 22.6 Å². The van der Waals surface area contributed by atoms with Gasteiger partial charge in [0.05, 0.1) is 10.6 Å². The van der Waals surface area contributed by atoms with Crippen molar-refractivity contribution in [3.63, 3.8) is 0 Å². The number of anilines is 2. The van der Waals surface area contributed by atoms with Gasteiger partial charge >= 0.3 is 0 Å². The smallest absolute Gasteiger partial charge is 0.264 e. The van der Waals surface area contributed by atoms with Crippen LogP contribution in [0.4, 0.5) is 15.8 Å². The second kappa shape index (κ2) is 8.20. The van der Waals surface area contributed by atoms with Crippen molar-refractivity contribution in [2.24, 2.45) is 0 Å². The van der Waals surface area contributed by atoms with Crippen LogP contribution in [0.3, 0.4) is 0 Å². The van der Waals surface area contributed by atoms with Gasteiger partial charge in [0, 0.05) is 22.9 Å². The number of benzene rings is 3. The molecular weight excluding hydrogens is 431 g/mol. The Bertz CT molecular complexity index is 1320. The average molecular weight is 453 g/mol. The molecule has 1 aliphatic heterocycles. The van der Waals surface area contributed by atoms with Gasteiger partial charge in [-0.15, -0.1) is 0 Å². The Hall–Kier alpha value is -3.52. The fourth-order valence-electron chi connectivity index (χ4n) is 3.85. The fraction of sp³-hybridized carbons (Fsp3) is 0.167. The lowest BCUT2D eigenvalue weighted by atomic mass is 10.1. The van der Waals surface area contributed by atoms with Crippen molar-refractivity contribution in [3.05, 3.63) is 89.2 Å². The van der Waals surface area contributed by atoms with E-state index in [1.54, 1.807) is 49.4 Å². The molecule has 0 unspecified atom stereocenters. The first kappa shape index (κ1) is 21.7. The monoisotopic (exact) mass is 452 g/mol. The van der Waals surface area contributed by atoms with Crippen molar-refractivity contribution < 1.29 is 22.4 Å². The Morgan fingerprint density at radius 2 is 1.72 bits per heavy atom. The van der Waals surface area contributed by atoms with Gasteiger partial charge in [0.1, 0.15) is 5.82 Å². The molecule has 32 heavy (non-hydrogen) atoms. The Morgan fingerprint density at radius 3 is 2.41 bits per heavy atom. The minimum Gasteiger partial charge on any atom is -0.322 e. The molecule has 0 radical (unpaired) electrons. The minimum absolute atomic E-state index is 0.00535. The van der Waals surface area contributed by atoms with Crippen LogP contribution in [0.15, 0.2) is 71.6 Å². The zero-order valence-electron chi connectivity index (χ0n) is 17.5. The zero-order chi connectivity index (χ0) is 23.0. The number of rotatable bonds is 5. The number of carbonyl (C=O) groups excluding carboxylic acids is 2. The van der Waals surface area contributed by atoms with Crippen LogP contribution in [0.2, 0.25) is 0 Å². The molecule has 0 saturated carbocycles. The number of fused-ring (bicyclic) bond motifs is 1. The van der Waals surface area contributed by atoms with Crippen LogP contribution in [0.25, 0.3) is 0 Å². The number of hydrogen-bond acceptors (Lipinski definition) is 4. The lowest BCUT2D eigenvalue weighted by Gasteiger charge is -2.24. The fourth-order valence-corrected chi connectivity index (χ4v) is 5.54. The summed E-state index contributed by atoms with van der Waals surface area (Å²) in [7, 11) is -3.88. The first-order chi connectivity index (χ1) is 15.2. The summed E-state index contributed by atoms with van der Waals surface area (Å²) in [5, 5.41) is 2.77. The maximum atomic E-state index is 13.2. The molecule has 0 aromatic heterocycles. The maximum absolute atomic E-state index is 13.2. The van der Waals surface area contributed by atoms with E-state index < -0.39 is 15.8 Å². The summed E-state index contributed by atoms with van der Waals surface area (Å²) in [5.74, 6) is -0.973. The van der Waals surface area contributed by atoms with E-state index in [0.29, 0.717) is 28.9 Å². The second-order valence-electron chi connectivity index (χ2n) is 7.74. The van der Waals surface area contributed by atoms with Crippen molar-refractivity contribution in [1.29, 1.82) is 0 Å². The predicted molar refractivity (Wildman–Crippen MR) is 120 cm³/mol. The molecular formula is C24H21FN2O4S. The number of halogens is 1. The number of amides is 1. The molecule has 0 spiro atoms. The predicted octanol–water partition coefficient (Wildman–Crippen LogP) is 4.42. The second-order valence-corrected chi connectivity index (χ2v) is 9.56. The summed E-state index contributed by atoms with van der Waals surface area (Å²) in [6.45, 7) is 3.24. The van der Waals surface area contributed by atoms with E-state index in [9.17, 15) is 22.4 Å². The molecule has 0 bridgehead atoms. The van der Waals surface area contributed by atoms with E-state index in [0.717, 1.165) is 17.7 Å². The summed E-state index contributed by atoms with van der Waals surface area (Å²) in [5.41, 5.74) is 2.60. The summed E-state index contributed by atoms with van der Waals surface area (Å²) in [6.07, 6.45) is 0.441. The van der Waals surface area contributed by atoms with Crippen LogP contribution >= 0.6 is 0 Å². The molecule has 1 heterocycles. The van der Waals surface area contributed by atoms with E-state index in [4.69, 9.17) is 0 Å². The highest BCUT2D eigenvalue weighted by atomic mass is 32.2. The first-order valence-electron chi connectivity index (χ1n) is 10.0. The van der Waals surface area contributed by atoms with Crippen LogP contribution in [-0.2, 0) is 16.4 Å². The molecule has 3 aromatic carbocycles. The normalized spacial score (nSPS) is 15.3. The lowest BCUT2D eigenvalue weighted by Crippen LogP contribution is -2.35. The largest absolute Gasteiger partial charge is 0.322 e. The average Bonchev–Trinajstić information content (AvgIpc) is 3.09.